The molecular weight excluding hydrogens is 242 g/mol. The van der Waals surface area contributed by atoms with Gasteiger partial charge in [0.2, 0.25) is 0 Å². The van der Waals surface area contributed by atoms with Gasteiger partial charge < -0.3 is 10.4 Å². The van der Waals surface area contributed by atoms with Crippen molar-refractivity contribution in [3.05, 3.63) is 21.6 Å². The number of nitrogens with one attached hydrogen (secondary N) is 1. The van der Waals surface area contributed by atoms with Crippen molar-refractivity contribution in [1.29, 1.82) is 0 Å². The third-order valence-corrected chi connectivity index (χ3v) is 3.66. The first-order valence-corrected chi connectivity index (χ1v) is 6.14. The zero-order chi connectivity index (χ0) is 12.5. The Hall–Kier alpha value is -1.07. The molecule has 0 atom stereocenters. The van der Waals surface area contributed by atoms with Gasteiger partial charge in [-0.25, -0.2) is 4.68 Å². The van der Waals surface area contributed by atoms with E-state index in [0.717, 1.165) is 19.3 Å². The van der Waals surface area contributed by atoms with Crippen molar-refractivity contribution < 1.29 is 5.11 Å². The van der Waals surface area contributed by atoms with E-state index < -0.39 is 0 Å². The number of aliphatic hydroxyl groups is 1. The highest BCUT2D eigenvalue weighted by atomic mass is 35.5. The maximum atomic E-state index is 11.8. The summed E-state index contributed by atoms with van der Waals surface area (Å²) in [6, 6.07) is 0. The molecule has 1 aliphatic carbocycles. The van der Waals surface area contributed by atoms with Gasteiger partial charge in [0.1, 0.15) is 5.02 Å². The second-order valence-corrected chi connectivity index (χ2v) is 4.79. The lowest BCUT2D eigenvalue weighted by atomic mass is 9.77. The third kappa shape index (κ3) is 2.17. The van der Waals surface area contributed by atoms with Crippen molar-refractivity contribution in [3.63, 3.8) is 0 Å². The molecule has 0 unspecified atom stereocenters. The molecule has 6 heteroatoms. The first-order valence-electron chi connectivity index (χ1n) is 5.76. The molecule has 0 aromatic carbocycles. The average molecular weight is 258 g/mol. The van der Waals surface area contributed by atoms with Crippen LogP contribution in [0.1, 0.15) is 26.2 Å². The van der Waals surface area contributed by atoms with Crippen LogP contribution in [0, 0.1) is 0 Å². The molecule has 2 N–H and O–H groups in total. The van der Waals surface area contributed by atoms with E-state index in [2.05, 4.69) is 10.4 Å². The van der Waals surface area contributed by atoms with Crippen LogP contribution in [0.2, 0.25) is 5.02 Å². The van der Waals surface area contributed by atoms with Gasteiger partial charge in [-0.2, -0.15) is 5.10 Å². The molecule has 0 bridgehead atoms. The van der Waals surface area contributed by atoms with Gasteiger partial charge >= 0.3 is 0 Å². The Morgan fingerprint density at radius 3 is 2.82 bits per heavy atom. The predicted molar refractivity (Wildman–Crippen MR) is 66.5 cm³/mol. The Balaban J connectivity index is 2.28. The molecule has 5 nitrogen and oxygen atoms in total. The topological polar surface area (TPSA) is 67.2 Å². The van der Waals surface area contributed by atoms with E-state index in [1.807, 2.05) is 6.92 Å². The lowest BCUT2D eigenvalue weighted by Gasteiger charge is -2.41. The largest absolute Gasteiger partial charge is 0.394 e. The number of anilines is 1. The summed E-state index contributed by atoms with van der Waals surface area (Å²) in [4.78, 5) is 11.8. The second kappa shape index (κ2) is 4.66. The number of aryl methyl sites for hydroxylation is 1. The standard InChI is InChI=1S/C11H16ClN3O2/c1-2-15-10(17)9(12)8(6-13-15)14-11(7-16)4-3-5-11/h6,14,16H,2-5,7H2,1H3. The molecule has 1 fully saturated rings. The van der Waals surface area contributed by atoms with Gasteiger partial charge in [-0.3, -0.25) is 4.79 Å². The van der Waals surface area contributed by atoms with E-state index in [0.29, 0.717) is 12.2 Å². The molecule has 0 radical (unpaired) electrons. The summed E-state index contributed by atoms with van der Waals surface area (Å²) in [5.74, 6) is 0. The van der Waals surface area contributed by atoms with Gasteiger partial charge in [0.05, 0.1) is 24.0 Å². The summed E-state index contributed by atoms with van der Waals surface area (Å²) >= 11 is 6.00. The van der Waals surface area contributed by atoms with Gasteiger partial charge in [-0.1, -0.05) is 11.6 Å². The van der Waals surface area contributed by atoms with E-state index in [-0.39, 0.29) is 22.7 Å². The van der Waals surface area contributed by atoms with Crippen molar-refractivity contribution in [1.82, 2.24) is 9.78 Å². The quantitative estimate of drug-likeness (QED) is 0.852. The first-order chi connectivity index (χ1) is 8.12. The first kappa shape index (κ1) is 12.4. The second-order valence-electron chi connectivity index (χ2n) is 4.41. The monoisotopic (exact) mass is 257 g/mol. The van der Waals surface area contributed by atoms with E-state index in [1.165, 1.54) is 4.68 Å². The molecule has 94 valence electrons. The van der Waals surface area contributed by atoms with Crippen LogP contribution in [0.15, 0.2) is 11.0 Å². The molecule has 1 saturated carbocycles. The number of hydrogen-bond acceptors (Lipinski definition) is 4. The molecule has 1 aromatic rings. The fraction of sp³-hybridized carbons (Fsp3) is 0.636. The van der Waals surface area contributed by atoms with Crippen molar-refractivity contribution >= 4 is 17.3 Å². The van der Waals surface area contributed by atoms with Crippen LogP contribution in [0.4, 0.5) is 5.69 Å². The fourth-order valence-corrected chi connectivity index (χ4v) is 2.18. The smallest absolute Gasteiger partial charge is 0.287 e. The number of aliphatic hydroxyl groups excluding tert-OH is 1. The molecule has 0 saturated heterocycles. The van der Waals surface area contributed by atoms with Crippen LogP contribution < -0.4 is 10.9 Å². The number of aromatic nitrogens is 2. The van der Waals surface area contributed by atoms with Gasteiger partial charge in [0.25, 0.3) is 5.56 Å². The van der Waals surface area contributed by atoms with Gasteiger partial charge in [0.15, 0.2) is 0 Å². The van der Waals surface area contributed by atoms with E-state index >= 15 is 0 Å². The molecule has 17 heavy (non-hydrogen) atoms. The summed E-state index contributed by atoms with van der Waals surface area (Å²) < 4.78 is 1.31. The lowest BCUT2D eigenvalue weighted by molar-refractivity contribution is 0.144. The Bertz CT molecular complexity index is 463. The van der Waals surface area contributed by atoms with E-state index in [1.54, 1.807) is 6.20 Å². The highest BCUT2D eigenvalue weighted by Gasteiger charge is 2.36. The minimum atomic E-state index is -0.323. The number of hydrogen-bond donors (Lipinski definition) is 2. The van der Waals surface area contributed by atoms with Crippen LogP contribution in [0.3, 0.4) is 0 Å². The Morgan fingerprint density at radius 2 is 2.35 bits per heavy atom. The Kier molecular flexibility index (Phi) is 3.40. The highest BCUT2D eigenvalue weighted by molar-refractivity contribution is 6.32. The third-order valence-electron chi connectivity index (χ3n) is 3.30. The van der Waals surface area contributed by atoms with Crippen LogP contribution in [-0.2, 0) is 6.54 Å². The van der Waals surface area contributed by atoms with Gasteiger partial charge in [0, 0.05) is 6.54 Å². The van der Waals surface area contributed by atoms with Crippen molar-refractivity contribution in [3.8, 4) is 0 Å². The maximum Gasteiger partial charge on any atom is 0.287 e. The summed E-state index contributed by atoms with van der Waals surface area (Å²) in [7, 11) is 0. The molecule has 0 amide bonds. The zero-order valence-electron chi connectivity index (χ0n) is 9.74. The molecule has 1 heterocycles. The number of halogens is 1. The molecule has 1 aliphatic rings. The van der Waals surface area contributed by atoms with Crippen LogP contribution in [0.5, 0.6) is 0 Å². The average Bonchev–Trinajstić information content (AvgIpc) is 2.29. The van der Waals surface area contributed by atoms with E-state index in [9.17, 15) is 9.90 Å². The molecule has 0 aliphatic heterocycles. The van der Waals surface area contributed by atoms with E-state index in [4.69, 9.17) is 11.6 Å². The zero-order valence-corrected chi connectivity index (χ0v) is 10.5. The highest BCUT2D eigenvalue weighted by Crippen LogP contribution is 2.35. The minimum Gasteiger partial charge on any atom is -0.394 e. The van der Waals surface area contributed by atoms with Gasteiger partial charge in [-0.05, 0) is 26.2 Å². The SMILES string of the molecule is CCn1ncc(NC2(CO)CCC2)c(Cl)c1=O. The number of nitrogens with zero attached hydrogens (tertiary/aromatic N) is 2. The Morgan fingerprint density at radius 1 is 1.65 bits per heavy atom. The predicted octanol–water partition coefficient (Wildman–Crippen LogP) is 1.24. The summed E-state index contributed by atoms with van der Waals surface area (Å²) in [5, 5.41) is 16.6. The molecule has 1 aromatic heterocycles. The fourth-order valence-electron chi connectivity index (χ4n) is 1.99. The van der Waals surface area contributed by atoms with Crippen LogP contribution in [-0.4, -0.2) is 27.0 Å². The molecule has 0 spiro atoms. The van der Waals surface area contributed by atoms with Crippen LogP contribution >= 0.6 is 11.6 Å². The van der Waals surface area contributed by atoms with Crippen molar-refractivity contribution in [2.24, 2.45) is 0 Å². The maximum absolute atomic E-state index is 11.8. The van der Waals surface area contributed by atoms with Gasteiger partial charge in [-0.15, -0.1) is 0 Å². The summed E-state index contributed by atoms with van der Waals surface area (Å²) in [6.45, 7) is 2.36. The minimum absolute atomic E-state index is 0.0419. The molecular formula is C11H16ClN3O2. The summed E-state index contributed by atoms with van der Waals surface area (Å²) in [6.07, 6.45) is 4.39. The lowest BCUT2D eigenvalue weighted by Crippen LogP contribution is -2.48. The Labute approximate surface area is 104 Å². The van der Waals surface area contributed by atoms with Crippen molar-refractivity contribution in [2.45, 2.75) is 38.3 Å². The number of rotatable bonds is 4. The van der Waals surface area contributed by atoms with Crippen molar-refractivity contribution in [2.75, 3.05) is 11.9 Å². The summed E-state index contributed by atoms with van der Waals surface area (Å²) in [5.41, 5.74) is -0.113. The molecule has 2 rings (SSSR count). The van der Waals surface area contributed by atoms with Crippen LogP contribution in [0.25, 0.3) is 0 Å². The normalized spacial score (nSPS) is 17.6.